The van der Waals surface area contributed by atoms with Gasteiger partial charge in [0.25, 0.3) is 5.56 Å². The minimum atomic E-state index is -0.0464. The third-order valence-corrected chi connectivity index (χ3v) is 5.34. The Hall–Kier alpha value is -3.12. The molecule has 0 unspecified atom stereocenters. The Morgan fingerprint density at radius 1 is 1.04 bits per heavy atom. The molecule has 27 heavy (non-hydrogen) atoms. The van der Waals surface area contributed by atoms with Crippen LogP contribution in [-0.4, -0.2) is 23.8 Å². The number of aromatic nitrogens is 2. The molecule has 0 saturated heterocycles. The summed E-state index contributed by atoms with van der Waals surface area (Å²) in [6, 6.07) is 15.5. The number of hydrogen-bond donors (Lipinski definition) is 0. The molecule has 4 aromatic rings. The normalized spacial score (nSPS) is 10.9. The molecule has 136 valence electrons. The molecule has 5 nitrogen and oxygen atoms in total. The molecule has 0 aliphatic heterocycles. The van der Waals surface area contributed by atoms with Crippen LogP contribution in [0.3, 0.4) is 0 Å². The highest BCUT2D eigenvalue weighted by atomic mass is 32.1. The van der Waals surface area contributed by atoms with Gasteiger partial charge in [0.2, 0.25) is 0 Å². The molecule has 0 atom stereocenters. The van der Waals surface area contributed by atoms with Crippen LogP contribution < -0.4 is 15.0 Å². The summed E-state index contributed by atoms with van der Waals surface area (Å²) in [4.78, 5) is 18.4. The molecular formula is C21H18N2O3S. The van der Waals surface area contributed by atoms with Crippen LogP contribution in [0.2, 0.25) is 0 Å². The minimum Gasteiger partial charge on any atom is -0.493 e. The van der Waals surface area contributed by atoms with Gasteiger partial charge >= 0.3 is 0 Å². The third kappa shape index (κ3) is 3.19. The Balaban J connectivity index is 1.83. The average molecular weight is 378 g/mol. The maximum absolute atomic E-state index is 13.1. The van der Waals surface area contributed by atoms with Crippen molar-refractivity contribution in [3.8, 4) is 22.6 Å². The van der Waals surface area contributed by atoms with E-state index in [4.69, 9.17) is 9.47 Å². The van der Waals surface area contributed by atoms with E-state index < -0.39 is 0 Å². The maximum atomic E-state index is 13.1. The van der Waals surface area contributed by atoms with Gasteiger partial charge in [0, 0.05) is 10.9 Å². The van der Waals surface area contributed by atoms with Crippen LogP contribution in [0.4, 0.5) is 0 Å². The molecule has 0 fully saturated rings. The van der Waals surface area contributed by atoms with Gasteiger partial charge in [-0.05, 0) is 23.3 Å². The predicted octanol–water partition coefficient (Wildman–Crippen LogP) is 4.19. The smallest absolute Gasteiger partial charge is 0.263 e. The van der Waals surface area contributed by atoms with Crippen molar-refractivity contribution in [1.29, 1.82) is 0 Å². The van der Waals surface area contributed by atoms with Crippen molar-refractivity contribution in [3.05, 3.63) is 76.2 Å². The summed E-state index contributed by atoms with van der Waals surface area (Å²) in [6.45, 7) is 0.490. The standard InChI is InChI=1S/C21H18N2O3S/c1-25-17-9-8-15(10-18(17)26-2)16-12-27-20-19(16)21(24)23(13-22-20)11-14-6-4-3-5-7-14/h3-10,12-13H,11H2,1-2H3. The molecule has 2 heterocycles. The van der Waals surface area contributed by atoms with Crippen molar-refractivity contribution in [2.75, 3.05) is 14.2 Å². The fourth-order valence-corrected chi connectivity index (χ4v) is 3.98. The molecule has 0 radical (unpaired) electrons. The first kappa shape index (κ1) is 17.3. The van der Waals surface area contributed by atoms with Crippen molar-refractivity contribution in [2.24, 2.45) is 0 Å². The molecule has 6 heteroatoms. The van der Waals surface area contributed by atoms with E-state index >= 15 is 0 Å². The van der Waals surface area contributed by atoms with Crippen molar-refractivity contribution in [3.63, 3.8) is 0 Å². The van der Waals surface area contributed by atoms with Crippen molar-refractivity contribution in [1.82, 2.24) is 9.55 Å². The van der Waals surface area contributed by atoms with Gasteiger partial charge in [-0.2, -0.15) is 0 Å². The van der Waals surface area contributed by atoms with Crippen LogP contribution in [0.25, 0.3) is 21.3 Å². The Bertz CT molecular complexity index is 1150. The second-order valence-electron chi connectivity index (χ2n) is 6.06. The van der Waals surface area contributed by atoms with Crippen molar-refractivity contribution >= 4 is 21.6 Å². The summed E-state index contributed by atoms with van der Waals surface area (Å²) in [7, 11) is 3.20. The molecule has 4 rings (SSSR count). The zero-order valence-corrected chi connectivity index (χ0v) is 15.8. The van der Waals surface area contributed by atoms with Gasteiger partial charge in [-0.1, -0.05) is 36.4 Å². The molecular weight excluding hydrogens is 360 g/mol. The van der Waals surface area contributed by atoms with Gasteiger partial charge < -0.3 is 9.47 Å². The molecule has 0 amide bonds. The van der Waals surface area contributed by atoms with Crippen LogP contribution in [0.15, 0.2) is 65.0 Å². The first-order valence-electron chi connectivity index (χ1n) is 8.44. The molecule has 0 bridgehead atoms. The number of ether oxygens (including phenoxy) is 2. The molecule has 0 aliphatic carbocycles. The Labute approximate surface area is 160 Å². The van der Waals surface area contributed by atoms with Gasteiger partial charge in [-0.15, -0.1) is 11.3 Å². The minimum absolute atomic E-state index is 0.0464. The van der Waals surface area contributed by atoms with Crippen molar-refractivity contribution < 1.29 is 9.47 Å². The quantitative estimate of drug-likeness (QED) is 0.522. The van der Waals surface area contributed by atoms with Gasteiger partial charge in [0.1, 0.15) is 4.83 Å². The zero-order chi connectivity index (χ0) is 18.8. The summed E-state index contributed by atoms with van der Waals surface area (Å²) >= 11 is 1.46. The largest absolute Gasteiger partial charge is 0.493 e. The van der Waals surface area contributed by atoms with E-state index in [2.05, 4.69) is 4.98 Å². The number of rotatable bonds is 5. The highest BCUT2D eigenvalue weighted by Gasteiger charge is 2.15. The van der Waals surface area contributed by atoms with Gasteiger partial charge in [-0.3, -0.25) is 9.36 Å². The highest BCUT2D eigenvalue weighted by molar-refractivity contribution is 7.17. The van der Waals surface area contributed by atoms with Crippen LogP contribution in [0.5, 0.6) is 11.5 Å². The van der Waals surface area contributed by atoms with Crippen LogP contribution in [0.1, 0.15) is 5.56 Å². The van der Waals surface area contributed by atoms with E-state index in [0.29, 0.717) is 23.4 Å². The maximum Gasteiger partial charge on any atom is 0.263 e. The van der Waals surface area contributed by atoms with E-state index in [0.717, 1.165) is 21.5 Å². The monoisotopic (exact) mass is 378 g/mol. The second kappa shape index (κ2) is 7.25. The van der Waals surface area contributed by atoms with E-state index in [1.807, 2.05) is 53.9 Å². The summed E-state index contributed by atoms with van der Waals surface area (Å²) < 4.78 is 12.4. The SMILES string of the molecule is COc1ccc(-c2csc3ncn(Cc4ccccc4)c(=O)c23)cc1OC. The summed E-state index contributed by atoms with van der Waals surface area (Å²) in [5.74, 6) is 1.28. The molecule has 2 aromatic carbocycles. The third-order valence-electron chi connectivity index (χ3n) is 4.45. The average Bonchev–Trinajstić information content (AvgIpc) is 3.15. The molecule has 0 spiro atoms. The first-order chi connectivity index (χ1) is 13.2. The zero-order valence-electron chi connectivity index (χ0n) is 15.0. The molecule has 2 aromatic heterocycles. The Morgan fingerprint density at radius 2 is 1.81 bits per heavy atom. The summed E-state index contributed by atoms with van der Waals surface area (Å²) in [6.07, 6.45) is 1.62. The highest BCUT2D eigenvalue weighted by Crippen LogP contribution is 2.36. The van der Waals surface area contributed by atoms with Crippen LogP contribution >= 0.6 is 11.3 Å². The molecule has 0 aliphatic rings. The first-order valence-corrected chi connectivity index (χ1v) is 9.32. The summed E-state index contributed by atoms with van der Waals surface area (Å²) in [5.41, 5.74) is 2.77. The number of thiophene rings is 1. The Morgan fingerprint density at radius 3 is 2.56 bits per heavy atom. The fourth-order valence-electron chi connectivity index (χ4n) is 3.08. The lowest BCUT2D eigenvalue weighted by Crippen LogP contribution is -2.20. The number of nitrogens with zero attached hydrogens (tertiary/aromatic N) is 2. The molecule has 0 saturated carbocycles. The van der Waals surface area contributed by atoms with Crippen molar-refractivity contribution in [2.45, 2.75) is 6.54 Å². The van der Waals surface area contributed by atoms with Gasteiger partial charge in [-0.25, -0.2) is 4.98 Å². The Kier molecular flexibility index (Phi) is 4.64. The lowest BCUT2D eigenvalue weighted by molar-refractivity contribution is 0.355. The van der Waals surface area contributed by atoms with E-state index in [1.165, 1.54) is 11.3 Å². The lowest BCUT2D eigenvalue weighted by Gasteiger charge is -2.10. The van der Waals surface area contributed by atoms with Gasteiger partial charge in [0.15, 0.2) is 11.5 Å². The van der Waals surface area contributed by atoms with E-state index in [1.54, 1.807) is 25.1 Å². The van der Waals surface area contributed by atoms with E-state index in [9.17, 15) is 4.79 Å². The fraction of sp³-hybridized carbons (Fsp3) is 0.143. The lowest BCUT2D eigenvalue weighted by atomic mass is 10.1. The molecule has 0 N–H and O–H groups in total. The number of fused-ring (bicyclic) bond motifs is 1. The number of benzene rings is 2. The number of hydrogen-bond acceptors (Lipinski definition) is 5. The summed E-state index contributed by atoms with van der Waals surface area (Å²) in [5, 5.41) is 2.60. The van der Waals surface area contributed by atoms with Gasteiger partial charge in [0.05, 0.1) is 32.5 Å². The second-order valence-corrected chi connectivity index (χ2v) is 6.92. The van der Waals surface area contributed by atoms with Crippen LogP contribution in [-0.2, 0) is 6.54 Å². The number of methoxy groups -OCH3 is 2. The predicted molar refractivity (Wildman–Crippen MR) is 108 cm³/mol. The topological polar surface area (TPSA) is 53.4 Å². The van der Waals surface area contributed by atoms with E-state index in [-0.39, 0.29) is 5.56 Å². The van der Waals surface area contributed by atoms with Crippen LogP contribution in [0, 0.1) is 0 Å².